The number of hydrogen-bond acceptors (Lipinski definition) is 6. The molecule has 0 saturated carbocycles. The molecule has 0 spiro atoms. The molecule has 2 aromatic rings. The second-order valence-electron chi connectivity index (χ2n) is 3.32. The standard InChI is InChI=1S/C10H10N2O4S/c1-6(10(13)14)15-4-8-11-9(16-12-8)7-2-3-17-5-7/h2-3,5-6H,4H2,1H3,(H,13,14)/t6-/m1/s1. The van der Waals surface area contributed by atoms with E-state index in [4.69, 9.17) is 14.4 Å². The highest BCUT2D eigenvalue weighted by atomic mass is 32.1. The first kappa shape index (κ1) is 11.7. The molecule has 2 heterocycles. The molecular formula is C10H10N2O4S. The van der Waals surface area contributed by atoms with Crippen molar-refractivity contribution in [1.29, 1.82) is 0 Å². The Morgan fingerprint density at radius 1 is 1.71 bits per heavy atom. The SMILES string of the molecule is C[C@@H](OCc1noc(-c2ccsc2)n1)C(=O)O. The van der Waals surface area contributed by atoms with E-state index < -0.39 is 12.1 Å². The number of carboxylic acid groups (broad SMARTS) is 1. The molecule has 0 unspecified atom stereocenters. The largest absolute Gasteiger partial charge is 0.479 e. The van der Waals surface area contributed by atoms with Crippen LogP contribution in [0.1, 0.15) is 12.7 Å². The fraction of sp³-hybridized carbons (Fsp3) is 0.300. The summed E-state index contributed by atoms with van der Waals surface area (Å²) < 4.78 is 10.1. The predicted octanol–water partition coefficient (Wildman–Crippen LogP) is 1.79. The molecule has 2 aromatic heterocycles. The van der Waals surface area contributed by atoms with Gasteiger partial charge in [-0.15, -0.1) is 0 Å². The van der Waals surface area contributed by atoms with Crippen molar-refractivity contribution < 1.29 is 19.2 Å². The zero-order valence-corrected chi connectivity index (χ0v) is 9.81. The first-order chi connectivity index (χ1) is 8.16. The second-order valence-corrected chi connectivity index (χ2v) is 4.10. The molecular weight excluding hydrogens is 244 g/mol. The van der Waals surface area contributed by atoms with Crippen molar-refractivity contribution in [2.45, 2.75) is 19.6 Å². The molecule has 1 atom stereocenters. The molecule has 6 nitrogen and oxygen atoms in total. The summed E-state index contributed by atoms with van der Waals surface area (Å²) in [4.78, 5) is 14.6. The molecule has 17 heavy (non-hydrogen) atoms. The van der Waals surface area contributed by atoms with Gasteiger partial charge < -0.3 is 14.4 Å². The van der Waals surface area contributed by atoms with Gasteiger partial charge in [-0.05, 0) is 18.4 Å². The minimum Gasteiger partial charge on any atom is -0.479 e. The smallest absolute Gasteiger partial charge is 0.332 e. The zero-order valence-electron chi connectivity index (χ0n) is 8.99. The van der Waals surface area contributed by atoms with Gasteiger partial charge >= 0.3 is 5.97 Å². The molecule has 0 aliphatic heterocycles. The molecule has 90 valence electrons. The molecule has 2 rings (SSSR count). The van der Waals surface area contributed by atoms with Crippen molar-refractivity contribution in [3.63, 3.8) is 0 Å². The van der Waals surface area contributed by atoms with E-state index in [2.05, 4.69) is 10.1 Å². The van der Waals surface area contributed by atoms with Crippen LogP contribution in [0, 0.1) is 0 Å². The number of ether oxygens (including phenoxy) is 1. The second kappa shape index (κ2) is 5.07. The minimum absolute atomic E-state index is 0.0150. The zero-order chi connectivity index (χ0) is 12.3. The Hall–Kier alpha value is -1.73. The summed E-state index contributed by atoms with van der Waals surface area (Å²) in [6.07, 6.45) is -0.891. The Bertz CT molecular complexity index is 494. The number of aromatic nitrogens is 2. The van der Waals surface area contributed by atoms with Crippen LogP contribution in [0.5, 0.6) is 0 Å². The third-order valence-electron chi connectivity index (χ3n) is 2.05. The van der Waals surface area contributed by atoms with Crippen LogP contribution in [0.15, 0.2) is 21.3 Å². The van der Waals surface area contributed by atoms with Crippen molar-refractivity contribution in [2.24, 2.45) is 0 Å². The van der Waals surface area contributed by atoms with Gasteiger partial charge in [-0.25, -0.2) is 4.79 Å². The predicted molar refractivity (Wildman–Crippen MR) is 59.5 cm³/mol. The van der Waals surface area contributed by atoms with E-state index in [-0.39, 0.29) is 6.61 Å². The maximum Gasteiger partial charge on any atom is 0.332 e. The van der Waals surface area contributed by atoms with Crippen molar-refractivity contribution >= 4 is 17.3 Å². The van der Waals surface area contributed by atoms with Gasteiger partial charge in [-0.2, -0.15) is 16.3 Å². The Morgan fingerprint density at radius 3 is 3.18 bits per heavy atom. The van der Waals surface area contributed by atoms with E-state index in [0.717, 1.165) is 5.56 Å². The summed E-state index contributed by atoms with van der Waals surface area (Å²) in [5, 5.41) is 16.1. The third-order valence-corrected chi connectivity index (χ3v) is 2.73. The highest BCUT2D eigenvalue weighted by Gasteiger charge is 2.14. The molecule has 0 saturated heterocycles. The molecule has 0 amide bonds. The van der Waals surface area contributed by atoms with Gasteiger partial charge in [0.1, 0.15) is 6.61 Å². The molecule has 0 aromatic carbocycles. The maximum absolute atomic E-state index is 10.5. The topological polar surface area (TPSA) is 85.5 Å². The summed E-state index contributed by atoms with van der Waals surface area (Å²) in [6.45, 7) is 1.46. The van der Waals surface area contributed by atoms with Crippen LogP contribution >= 0.6 is 11.3 Å². The van der Waals surface area contributed by atoms with Crippen LogP contribution in [-0.4, -0.2) is 27.3 Å². The summed E-state index contributed by atoms with van der Waals surface area (Å²) in [6, 6.07) is 1.86. The van der Waals surface area contributed by atoms with Gasteiger partial charge in [0.25, 0.3) is 5.89 Å². The Balaban J connectivity index is 1.97. The van der Waals surface area contributed by atoms with E-state index in [1.807, 2.05) is 16.8 Å². The Morgan fingerprint density at radius 2 is 2.53 bits per heavy atom. The number of carbonyl (C=O) groups is 1. The Labute approximate surface area is 101 Å². The van der Waals surface area contributed by atoms with Crippen molar-refractivity contribution in [1.82, 2.24) is 10.1 Å². The van der Waals surface area contributed by atoms with E-state index in [9.17, 15) is 4.79 Å². The molecule has 0 radical (unpaired) electrons. The highest BCUT2D eigenvalue weighted by molar-refractivity contribution is 7.08. The Kier molecular flexibility index (Phi) is 3.50. The molecule has 0 bridgehead atoms. The summed E-state index contributed by atoms with van der Waals surface area (Å²) >= 11 is 1.53. The summed E-state index contributed by atoms with van der Waals surface area (Å²) in [5.41, 5.74) is 0.847. The maximum atomic E-state index is 10.5. The van der Waals surface area contributed by atoms with Crippen LogP contribution in [0.25, 0.3) is 11.5 Å². The number of nitrogens with zero attached hydrogens (tertiary/aromatic N) is 2. The van der Waals surface area contributed by atoms with E-state index in [0.29, 0.717) is 11.7 Å². The quantitative estimate of drug-likeness (QED) is 0.875. The third kappa shape index (κ3) is 2.89. The van der Waals surface area contributed by atoms with Crippen LogP contribution in [-0.2, 0) is 16.1 Å². The van der Waals surface area contributed by atoms with Gasteiger partial charge in [-0.3, -0.25) is 0 Å². The molecule has 0 fully saturated rings. The lowest BCUT2D eigenvalue weighted by molar-refractivity contribution is -0.150. The van der Waals surface area contributed by atoms with Crippen molar-refractivity contribution in [3.05, 3.63) is 22.7 Å². The molecule has 0 aliphatic carbocycles. The van der Waals surface area contributed by atoms with E-state index in [1.165, 1.54) is 18.3 Å². The fourth-order valence-corrected chi connectivity index (χ4v) is 1.72. The van der Waals surface area contributed by atoms with Gasteiger partial charge in [0.15, 0.2) is 11.9 Å². The van der Waals surface area contributed by atoms with Gasteiger partial charge in [0.05, 0.1) is 5.56 Å². The van der Waals surface area contributed by atoms with Crippen molar-refractivity contribution in [2.75, 3.05) is 0 Å². The van der Waals surface area contributed by atoms with Crippen molar-refractivity contribution in [3.8, 4) is 11.5 Å². The average molecular weight is 254 g/mol. The monoisotopic (exact) mass is 254 g/mol. The van der Waals surface area contributed by atoms with Crippen LogP contribution in [0.3, 0.4) is 0 Å². The molecule has 0 aliphatic rings. The van der Waals surface area contributed by atoms with Crippen LogP contribution in [0.4, 0.5) is 0 Å². The first-order valence-electron chi connectivity index (χ1n) is 4.86. The van der Waals surface area contributed by atoms with E-state index in [1.54, 1.807) is 0 Å². The van der Waals surface area contributed by atoms with E-state index >= 15 is 0 Å². The first-order valence-corrected chi connectivity index (χ1v) is 5.80. The molecule has 1 N–H and O–H groups in total. The normalized spacial score (nSPS) is 12.5. The van der Waals surface area contributed by atoms with Gasteiger partial charge in [0.2, 0.25) is 0 Å². The lowest BCUT2D eigenvalue weighted by Gasteiger charge is -2.04. The lowest BCUT2D eigenvalue weighted by Crippen LogP contribution is -2.19. The summed E-state index contributed by atoms with van der Waals surface area (Å²) in [7, 11) is 0. The summed E-state index contributed by atoms with van der Waals surface area (Å²) in [5.74, 6) is -0.279. The minimum atomic E-state index is -1.02. The number of carboxylic acids is 1. The highest BCUT2D eigenvalue weighted by Crippen LogP contribution is 2.19. The number of aliphatic carboxylic acids is 1. The van der Waals surface area contributed by atoms with Gasteiger partial charge in [-0.1, -0.05) is 5.16 Å². The van der Waals surface area contributed by atoms with Crippen LogP contribution < -0.4 is 0 Å². The van der Waals surface area contributed by atoms with Crippen LogP contribution in [0.2, 0.25) is 0 Å². The number of rotatable bonds is 5. The lowest BCUT2D eigenvalue weighted by atomic mass is 10.3. The van der Waals surface area contributed by atoms with Gasteiger partial charge in [0, 0.05) is 5.38 Å². The fourth-order valence-electron chi connectivity index (χ4n) is 1.09. The molecule has 7 heteroatoms. The average Bonchev–Trinajstić information content (AvgIpc) is 2.95. The number of hydrogen-bond donors (Lipinski definition) is 1. The number of thiophene rings is 1.